The summed E-state index contributed by atoms with van der Waals surface area (Å²) in [5.74, 6) is -0.0399. The fourth-order valence-corrected chi connectivity index (χ4v) is 1.65. The van der Waals surface area contributed by atoms with Crippen molar-refractivity contribution in [1.82, 2.24) is 4.90 Å². The number of carbonyl (C=O) groups is 1. The minimum Gasteiger partial charge on any atom is -0.508 e. The minimum absolute atomic E-state index is 0.161. The van der Waals surface area contributed by atoms with Crippen LogP contribution in [0.4, 0.5) is 0 Å². The van der Waals surface area contributed by atoms with E-state index in [2.05, 4.69) is 0 Å². The molecule has 0 aliphatic rings. The van der Waals surface area contributed by atoms with Crippen LogP contribution < -0.4 is 0 Å². The average Bonchev–Trinajstić information content (AvgIpc) is 2.32. The first-order valence-electron chi connectivity index (χ1n) is 5.67. The highest BCUT2D eigenvalue weighted by molar-refractivity contribution is 5.94. The molecule has 0 saturated carbocycles. The van der Waals surface area contributed by atoms with E-state index in [0.29, 0.717) is 11.1 Å². The fourth-order valence-electron chi connectivity index (χ4n) is 1.65. The molecule has 1 amide bonds. The Kier molecular flexibility index (Phi) is 5.12. The third-order valence-corrected chi connectivity index (χ3v) is 2.63. The zero-order chi connectivity index (χ0) is 13.7. The first-order valence-corrected chi connectivity index (χ1v) is 5.67. The smallest absolute Gasteiger partial charge is 0.253 e. The van der Waals surface area contributed by atoms with E-state index in [1.807, 2.05) is 0 Å². The number of ether oxygens (including phenoxy) is 1. The molecule has 0 saturated heterocycles. The van der Waals surface area contributed by atoms with Crippen LogP contribution in [-0.4, -0.2) is 54.4 Å². The van der Waals surface area contributed by atoms with Gasteiger partial charge < -0.3 is 19.8 Å². The number of carbonyl (C=O) groups excluding carboxylic acids is 1. The molecular weight excluding hydrogens is 234 g/mol. The van der Waals surface area contributed by atoms with Crippen LogP contribution in [0.5, 0.6) is 5.75 Å². The lowest BCUT2D eigenvalue weighted by Gasteiger charge is -2.20. The summed E-state index contributed by atoms with van der Waals surface area (Å²) in [7, 11) is 3.11. The van der Waals surface area contributed by atoms with Crippen LogP contribution in [0.3, 0.4) is 0 Å². The maximum absolute atomic E-state index is 12.0. The molecule has 0 aromatic heterocycles. The van der Waals surface area contributed by atoms with Crippen LogP contribution >= 0.6 is 0 Å². The molecule has 1 rings (SSSR count). The van der Waals surface area contributed by atoms with Crippen LogP contribution in [0.1, 0.15) is 15.9 Å². The van der Waals surface area contributed by atoms with Crippen LogP contribution in [0.15, 0.2) is 18.2 Å². The number of aliphatic hydroxyl groups excluding tert-OH is 1. The van der Waals surface area contributed by atoms with E-state index in [-0.39, 0.29) is 24.8 Å². The number of phenols is 1. The van der Waals surface area contributed by atoms with Gasteiger partial charge in [-0.3, -0.25) is 4.79 Å². The predicted octanol–water partition coefficient (Wildman–Crippen LogP) is 0.780. The topological polar surface area (TPSA) is 70.0 Å². The minimum atomic E-state index is -0.706. The molecule has 0 aliphatic heterocycles. The number of aromatic hydroxyl groups is 1. The summed E-state index contributed by atoms with van der Waals surface area (Å²) < 4.78 is 4.80. The second-order valence-corrected chi connectivity index (χ2v) is 4.30. The summed E-state index contributed by atoms with van der Waals surface area (Å²) in [6.45, 7) is 2.12. The van der Waals surface area contributed by atoms with Gasteiger partial charge in [0.25, 0.3) is 5.91 Å². The first-order chi connectivity index (χ1) is 8.45. The quantitative estimate of drug-likeness (QED) is 0.813. The number of amides is 1. The largest absolute Gasteiger partial charge is 0.508 e. The summed E-state index contributed by atoms with van der Waals surface area (Å²) in [5, 5.41) is 19.0. The number of phenolic OH excluding ortho intramolecular Hbond substituents is 1. The molecule has 0 heterocycles. The van der Waals surface area contributed by atoms with Crippen LogP contribution in [0, 0.1) is 6.92 Å². The molecule has 18 heavy (non-hydrogen) atoms. The number of nitrogens with zero attached hydrogens (tertiary/aromatic N) is 1. The number of benzene rings is 1. The van der Waals surface area contributed by atoms with E-state index in [0.717, 1.165) is 0 Å². The SMILES string of the molecule is COCC(O)CN(C)C(=O)c1ccc(O)c(C)c1. The first kappa shape index (κ1) is 14.5. The molecule has 1 aromatic carbocycles. The molecule has 2 N–H and O–H groups in total. The van der Waals surface area contributed by atoms with Gasteiger partial charge in [-0.1, -0.05) is 0 Å². The number of aryl methyl sites for hydroxylation is 1. The van der Waals surface area contributed by atoms with Gasteiger partial charge in [-0.25, -0.2) is 0 Å². The van der Waals surface area contributed by atoms with E-state index in [4.69, 9.17) is 4.74 Å². The lowest BCUT2D eigenvalue weighted by atomic mass is 10.1. The summed E-state index contributed by atoms with van der Waals surface area (Å²) >= 11 is 0. The van der Waals surface area contributed by atoms with Gasteiger partial charge in [0, 0.05) is 26.3 Å². The van der Waals surface area contributed by atoms with E-state index >= 15 is 0 Å². The van der Waals surface area contributed by atoms with Gasteiger partial charge in [0.05, 0.1) is 12.7 Å². The zero-order valence-electron chi connectivity index (χ0n) is 10.9. The van der Waals surface area contributed by atoms with Crippen molar-refractivity contribution < 1.29 is 19.7 Å². The molecule has 100 valence electrons. The van der Waals surface area contributed by atoms with E-state index in [1.165, 1.54) is 18.1 Å². The maximum atomic E-state index is 12.0. The van der Waals surface area contributed by atoms with Gasteiger partial charge in [-0.05, 0) is 30.7 Å². The highest BCUT2D eigenvalue weighted by Gasteiger charge is 2.16. The third-order valence-electron chi connectivity index (χ3n) is 2.63. The van der Waals surface area contributed by atoms with Gasteiger partial charge >= 0.3 is 0 Å². The highest BCUT2D eigenvalue weighted by Crippen LogP contribution is 2.17. The zero-order valence-corrected chi connectivity index (χ0v) is 10.9. The fraction of sp³-hybridized carbons (Fsp3) is 0.462. The van der Waals surface area contributed by atoms with Crippen LogP contribution in [0.2, 0.25) is 0 Å². The number of likely N-dealkylation sites (N-methyl/N-ethyl adjacent to an activating group) is 1. The molecular formula is C13H19NO4. The van der Waals surface area contributed by atoms with E-state index < -0.39 is 6.10 Å². The third kappa shape index (κ3) is 3.72. The van der Waals surface area contributed by atoms with E-state index in [1.54, 1.807) is 26.1 Å². The Hall–Kier alpha value is -1.59. The Morgan fingerprint density at radius 2 is 2.17 bits per heavy atom. The molecule has 1 atom stereocenters. The molecule has 0 radical (unpaired) electrons. The summed E-state index contributed by atoms with van der Waals surface area (Å²) in [4.78, 5) is 13.5. The summed E-state index contributed by atoms with van der Waals surface area (Å²) in [6, 6.07) is 4.67. The monoisotopic (exact) mass is 253 g/mol. The molecule has 1 aromatic rings. The van der Waals surface area contributed by atoms with Crippen molar-refractivity contribution in [3.8, 4) is 5.75 Å². The highest BCUT2D eigenvalue weighted by atomic mass is 16.5. The molecule has 0 bridgehead atoms. The lowest BCUT2D eigenvalue weighted by Crippen LogP contribution is -2.36. The van der Waals surface area contributed by atoms with Crippen molar-refractivity contribution in [1.29, 1.82) is 0 Å². The van der Waals surface area contributed by atoms with Crippen LogP contribution in [-0.2, 0) is 4.74 Å². The van der Waals surface area contributed by atoms with Crippen LogP contribution in [0.25, 0.3) is 0 Å². The van der Waals surface area contributed by atoms with Crippen molar-refractivity contribution in [2.45, 2.75) is 13.0 Å². The Balaban J connectivity index is 2.71. The van der Waals surface area contributed by atoms with Gasteiger partial charge in [0.1, 0.15) is 5.75 Å². The van der Waals surface area contributed by atoms with Crippen molar-refractivity contribution >= 4 is 5.91 Å². The normalized spacial score (nSPS) is 12.2. The van der Waals surface area contributed by atoms with E-state index in [9.17, 15) is 15.0 Å². The molecule has 1 unspecified atom stereocenters. The molecule has 0 aliphatic carbocycles. The second-order valence-electron chi connectivity index (χ2n) is 4.30. The van der Waals surface area contributed by atoms with Crippen molar-refractivity contribution in [3.63, 3.8) is 0 Å². The van der Waals surface area contributed by atoms with Gasteiger partial charge in [0.2, 0.25) is 0 Å². The Bertz CT molecular complexity index is 419. The molecule has 0 spiro atoms. The Morgan fingerprint density at radius 1 is 1.50 bits per heavy atom. The average molecular weight is 253 g/mol. The number of rotatable bonds is 5. The number of hydrogen-bond donors (Lipinski definition) is 2. The van der Waals surface area contributed by atoms with Crippen molar-refractivity contribution in [2.24, 2.45) is 0 Å². The number of methoxy groups -OCH3 is 1. The van der Waals surface area contributed by atoms with Gasteiger partial charge in [-0.2, -0.15) is 0 Å². The molecule has 5 heteroatoms. The second kappa shape index (κ2) is 6.37. The summed E-state index contributed by atoms with van der Waals surface area (Å²) in [5.41, 5.74) is 1.13. The lowest BCUT2D eigenvalue weighted by molar-refractivity contribution is 0.0380. The van der Waals surface area contributed by atoms with Crippen molar-refractivity contribution in [2.75, 3.05) is 27.3 Å². The standard InChI is InChI=1S/C13H19NO4/c1-9-6-10(4-5-12(9)16)13(17)14(2)7-11(15)8-18-3/h4-6,11,15-16H,7-8H2,1-3H3. The predicted molar refractivity (Wildman–Crippen MR) is 67.7 cm³/mol. The number of aliphatic hydroxyl groups is 1. The Labute approximate surface area is 107 Å². The van der Waals surface area contributed by atoms with Gasteiger partial charge in [-0.15, -0.1) is 0 Å². The molecule has 5 nitrogen and oxygen atoms in total. The number of hydrogen-bond acceptors (Lipinski definition) is 4. The van der Waals surface area contributed by atoms with Crippen molar-refractivity contribution in [3.05, 3.63) is 29.3 Å². The summed E-state index contributed by atoms with van der Waals surface area (Å²) in [6.07, 6.45) is -0.706. The Morgan fingerprint density at radius 3 is 2.72 bits per heavy atom. The van der Waals surface area contributed by atoms with Gasteiger partial charge in [0.15, 0.2) is 0 Å². The molecule has 0 fully saturated rings. The maximum Gasteiger partial charge on any atom is 0.253 e.